The van der Waals surface area contributed by atoms with E-state index in [0.29, 0.717) is 11.4 Å². The predicted molar refractivity (Wildman–Crippen MR) is 55.4 cm³/mol. The molecule has 0 aliphatic heterocycles. The third kappa shape index (κ3) is 2.83. The van der Waals surface area contributed by atoms with Gasteiger partial charge in [-0.15, -0.1) is 0 Å². The Hall–Kier alpha value is -1.78. The first-order chi connectivity index (χ1) is 7.04. The second kappa shape index (κ2) is 4.63. The number of likely N-dealkylation sites (N-methyl/N-ethyl adjacent to an activating group) is 1. The van der Waals surface area contributed by atoms with Crippen molar-refractivity contribution in [3.8, 4) is 5.75 Å². The molecule has 0 aromatic heterocycles. The van der Waals surface area contributed by atoms with E-state index < -0.39 is 5.91 Å². The van der Waals surface area contributed by atoms with Crippen molar-refractivity contribution in [1.82, 2.24) is 0 Å². The van der Waals surface area contributed by atoms with Crippen LogP contribution in [-0.2, 0) is 4.79 Å². The molecule has 0 heterocycles. The molecule has 0 saturated heterocycles. The minimum Gasteiger partial charge on any atom is -0.495 e. The first-order valence-corrected chi connectivity index (χ1v) is 4.37. The minimum absolute atomic E-state index is 0.0137. The molecule has 1 aromatic rings. The van der Waals surface area contributed by atoms with Crippen LogP contribution in [0.15, 0.2) is 18.2 Å². The first-order valence-electron chi connectivity index (χ1n) is 4.37. The summed E-state index contributed by atoms with van der Waals surface area (Å²) in [6.45, 7) is 0.0137. The van der Waals surface area contributed by atoms with Gasteiger partial charge in [0, 0.05) is 13.1 Å². The highest BCUT2D eigenvalue weighted by molar-refractivity contribution is 5.80. The average molecular weight is 212 g/mol. The van der Waals surface area contributed by atoms with E-state index in [1.165, 1.54) is 30.2 Å². The van der Waals surface area contributed by atoms with E-state index in [1.54, 1.807) is 7.05 Å². The van der Waals surface area contributed by atoms with Gasteiger partial charge in [0.25, 0.3) is 0 Å². The molecule has 5 heteroatoms. The van der Waals surface area contributed by atoms with Crippen LogP contribution in [0.1, 0.15) is 0 Å². The van der Waals surface area contributed by atoms with E-state index in [0.717, 1.165) is 0 Å². The van der Waals surface area contributed by atoms with Gasteiger partial charge in [-0.1, -0.05) is 0 Å². The van der Waals surface area contributed by atoms with Crippen LogP contribution in [0.25, 0.3) is 0 Å². The van der Waals surface area contributed by atoms with Crippen molar-refractivity contribution in [2.24, 2.45) is 5.73 Å². The Bertz CT molecular complexity index is 368. The lowest BCUT2D eigenvalue weighted by Crippen LogP contribution is -2.30. The fraction of sp³-hybridized carbons (Fsp3) is 0.300. The number of carbonyl (C=O) groups excluding carboxylic acids is 1. The zero-order valence-corrected chi connectivity index (χ0v) is 8.66. The first kappa shape index (κ1) is 11.3. The van der Waals surface area contributed by atoms with Crippen LogP contribution in [0.5, 0.6) is 5.75 Å². The Morgan fingerprint density at radius 3 is 2.80 bits per heavy atom. The van der Waals surface area contributed by atoms with Gasteiger partial charge in [-0.25, -0.2) is 4.39 Å². The zero-order chi connectivity index (χ0) is 11.4. The number of nitrogens with two attached hydrogens (primary N) is 1. The number of halogens is 1. The summed E-state index contributed by atoms with van der Waals surface area (Å²) in [6, 6.07) is 4.09. The largest absolute Gasteiger partial charge is 0.495 e. The van der Waals surface area contributed by atoms with Gasteiger partial charge in [0.05, 0.1) is 19.3 Å². The number of methoxy groups -OCH3 is 1. The third-order valence-electron chi connectivity index (χ3n) is 1.95. The van der Waals surface area contributed by atoms with Crippen molar-refractivity contribution >= 4 is 11.6 Å². The van der Waals surface area contributed by atoms with E-state index in [-0.39, 0.29) is 12.4 Å². The smallest absolute Gasteiger partial charge is 0.236 e. The number of carbonyl (C=O) groups is 1. The van der Waals surface area contributed by atoms with Gasteiger partial charge in [0.15, 0.2) is 0 Å². The lowest BCUT2D eigenvalue weighted by Gasteiger charge is -2.19. The lowest BCUT2D eigenvalue weighted by molar-refractivity contribution is -0.116. The number of nitrogens with zero attached hydrogens (tertiary/aromatic N) is 1. The van der Waals surface area contributed by atoms with Crippen LogP contribution in [-0.4, -0.2) is 26.6 Å². The maximum absolute atomic E-state index is 13.0. The molecule has 0 unspecified atom stereocenters. The normalized spacial score (nSPS) is 9.80. The molecule has 4 nitrogen and oxygen atoms in total. The van der Waals surface area contributed by atoms with E-state index in [4.69, 9.17) is 10.5 Å². The number of ether oxygens (including phenoxy) is 1. The van der Waals surface area contributed by atoms with Crippen LogP contribution >= 0.6 is 0 Å². The van der Waals surface area contributed by atoms with Gasteiger partial charge in [0.1, 0.15) is 11.6 Å². The lowest BCUT2D eigenvalue weighted by atomic mass is 10.2. The van der Waals surface area contributed by atoms with Gasteiger partial charge in [-0.3, -0.25) is 4.79 Å². The molecule has 2 N–H and O–H groups in total. The molecule has 15 heavy (non-hydrogen) atoms. The SMILES string of the molecule is COc1ccc(F)cc1N(C)CC(N)=O. The Labute approximate surface area is 87.4 Å². The Kier molecular flexibility index (Phi) is 3.49. The third-order valence-corrected chi connectivity index (χ3v) is 1.95. The molecule has 0 spiro atoms. The van der Waals surface area contributed by atoms with Crippen molar-refractivity contribution in [2.75, 3.05) is 25.6 Å². The second-order valence-electron chi connectivity index (χ2n) is 3.14. The van der Waals surface area contributed by atoms with Crippen molar-refractivity contribution in [3.05, 3.63) is 24.0 Å². The number of anilines is 1. The molecule has 0 radical (unpaired) electrons. The van der Waals surface area contributed by atoms with Crippen molar-refractivity contribution < 1.29 is 13.9 Å². The second-order valence-corrected chi connectivity index (χ2v) is 3.14. The molecule has 0 aliphatic rings. The van der Waals surface area contributed by atoms with Crippen LogP contribution < -0.4 is 15.4 Å². The van der Waals surface area contributed by atoms with E-state index in [2.05, 4.69) is 0 Å². The number of benzene rings is 1. The molecule has 0 saturated carbocycles. The molecule has 0 fully saturated rings. The topological polar surface area (TPSA) is 55.6 Å². The quantitative estimate of drug-likeness (QED) is 0.801. The van der Waals surface area contributed by atoms with Gasteiger partial charge in [-0.05, 0) is 12.1 Å². The van der Waals surface area contributed by atoms with Gasteiger partial charge >= 0.3 is 0 Å². The summed E-state index contributed by atoms with van der Waals surface area (Å²) in [5, 5.41) is 0. The van der Waals surface area contributed by atoms with E-state index in [1.807, 2.05) is 0 Å². The average Bonchev–Trinajstić information content (AvgIpc) is 2.16. The highest BCUT2D eigenvalue weighted by atomic mass is 19.1. The van der Waals surface area contributed by atoms with Crippen molar-refractivity contribution in [2.45, 2.75) is 0 Å². The molecule has 1 aromatic carbocycles. The van der Waals surface area contributed by atoms with E-state index in [9.17, 15) is 9.18 Å². The van der Waals surface area contributed by atoms with Gasteiger partial charge < -0.3 is 15.4 Å². The van der Waals surface area contributed by atoms with E-state index >= 15 is 0 Å². The summed E-state index contributed by atoms with van der Waals surface area (Å²) in [5.74, 6) is -0.369. The summed E-state index contributed by atoms with van der Waals surface area (Å²) in [5.41, 5.74) is 5.54. The monoisotopic (exact) mass is 212 g/mol. The Balaban J connectivity index is 2.99. The maximum atomic E-state index is 13.0. The number of rotatable bonds is 4. The highest BCUT2D eigenvalue weighted by Gasteiger charge is 2.10. The molecule has 1 rings (SSSR count). The molecule has 0 aliphatic carbocycles. The Morgan fingerprint density at radius 2 is 2.27 bits per heavy atom. The summed E-state index contributed by atoms with van der Waals surface area (Å²) in [4.78, 5) is 12.2. The summed E-state index contributed by atoms with van der Waals surface area (Å²) < 4.78 is 18.0. The fourth-order valence-electron chi connectivity index (χ4n) is 1.28. The van der Waals surface area contributed by atoms with Crippen molar-refractivity contribution in [3.63, 3.8) is 0 Å². The molecule has 1 amide bonds. The number of primary amides is 1. The highest BCUT2D eigenvalue weighted by Crippen LogP contribution is 2.27. The predicted octanol–water partition coefficient (Wildman–Crippen LogP) is 0.756. The molecular weight excluding hydrogens is 199 g/mol. The molecule has 0 bridgehead atoms. The minimum atomic E-state index is -0.483. The van der Waals surface area contributed by atoms with Gasteiger partial charge in [-0.2, -0.15) is 0 Å². The molecule has 82 valence electrons. The van der Waals surface area contributed by atoms with Gasteiger partial charge in [0.2, 0.25) is 5.91 Å². The zero-order valence-electron chi connectivity index (χ0n) is 8.66. The molecular formula is C10H13FN2O2. The number of amides is 1. The Morgan fingerprint density at radius 1 is 1.60 bits per heavy atom. The van der Waals surface area contributed by atoms with Crippen LogP contribution in [0, 0.1) is 5.82 Å². The van der Waals surface area contributed by atoms with Crippen LogP contribution in [0.3, 0.4) is 0 Å². The number of hydrogen-bond donors (Lipinski definition) is 1. The van der Waals surface area contributed by atoms with Crippen LogP contribution in [0.2, 0.25) is 0 Å². The standard InChI is InChI=1S/C10H13FN2O2/c1-13(6-10(12)14)8-5-7(11)3-4-9(8)15-2/h3-5H,6H2,1-2H3,(H2,12,14). The summed E-state index contributed by atoms with van der Waals surface area (Å²) >= 11 is 0. The summed E-state index contributed by atoms with van der Waals surface area (Å²) in [7, 11) is 3.12. The molecule has 0 atom stereocenters. The van der Waals surface area contributed by atoms with Crippen molar-refractivity contribution in [1.29, 1.82) is 0 Å². The maximum Gasteiger partial charge on any atom is 0.236 e. The van der Waals surface area contributed by atoms with Crippen LogP contribution in [0.4, 0.5) is 10.1 Å². The summed E-state index contributed by atoms with van der Waals surface area (Å²) in [6.07, 6.45) is 0. The number of hydrogen-bond acceptors (Lipinski definition) is 3. The fourth-order valence-corrected chi connectivity index (χ4v) is 1.28.